The summed E-state index contributed by atoms with van der Waals surface area (Å²) in [5, 5.41) is 34.5. The van der Waals surface area contributed by atoms with E-state index in [4.69, 9.17) is 0 Å². The lowest BCUT2D eigenvalue weighted by molar-refractivity contribution is -0.139. The van der Waals surface area contributed by atoms with E-state index in [9.17, 15) is 44.1 Å². The molecule has 0 aliphatic carbocycles. The fourth-order valence-electron chi connectivity index (χ4n) is 4.13. The quantitative estimate of drug-likeness (QED) is 0.154. The minimum atomic E-state index is -4.38. The van der Waals surface area contributed by atoms with E-state index in [0.29, 0.717) is 31.9 Å². The predicted molar refractivity (Wildman–Crippen MR) is 143 cm³/mol. The Morgan fingerprint density at radius 2 is 1.26 bits per heavy atom. The van der Waals surface area contributed by atoms with Crippen LogP contribution in [0.5, 0.6) is 0 Å². The van der Waals surface area contributed by atoms with Crippen LogP contribution in [-0.4, -0.2) is 154 Å². The van der Waals surface area contributed by atoms with Crippen molar-refractivity contribution < 1.29 is 44.1 Å². The van der Waals surface area contributed by atoms with Gasteiger partial charge in [0.05, 0.1) is 19.2 Å². The number of carbonyl (C=O) groups is 3. The van der Waals surface area contributed by atoms with E-state index in [1.54, 1.807) is 34.1 Å². The molecular weight excluding hydrogens is 535 g/mol. The molecule has 0 bridgehead atoms. The lowest BCUT2D eigenvalue weighted by Gasteiger charge is -2.34. The van der Waals surface area contributed by atoms with Crippen molar-refractivity contribution in [2.24, 2.45) is 0 Å². The third-order valence-electron chi connectivity index (χ3n) is 6.03. The zero-order chi connectivity index (χ0) is 28.8. The number of nitrogens with one attached hydrogen (secondary N) is 2. The van der Waals surface area contributed by atoms with Gasteiger partial charge in [0.1, 0.15) is 6.29 Å². The van der Waals surface area contributed by atoms with Gasteiger partial charge < -0.3 is 35.7 Å². The van der Waals surface area contributed by atoms with Crippen LogP contribution in [0, 0.1) is 0 Å². The van der Waals surface area contributed by atoms with Crippen LogP contribution < -0.4 is 10.6 Å². The first-order valence-electron chi connectivity index (χ1n) is 12.5. The van der Waals surface area contributed by atoms with Gasteiger partial charge in [0.15, 0.2) is 0 Å². The molecule has 1 unspecified atom stereocenters. The Labute approximate surface area is 227 Å². The van der Waals surface area contributed by atoms with E-state index in [0.717, 1.165) is 0 Å². The summed E-state index contributed by atoms with van der Waals surface area (Å²) in [5.74, 6) is -2.09. The summed E-state index contributed by atoms with van der Waals surface area (Å²) >= 11 is 0. The number of aliphatic carboxylic acids is 2. The molecule has 0 spiro atoms. The molecule has 7 N–H and O–H groups in total. The SMILES string of the molecule is O=C(O)CN1CCN(CC(O)CNC(=O)Nc2ccccc2)CCN(CC(=O)O)CCN(CP(=O)(O)O)CC1. The molecule has 1 aliphatic rings. The van der Waals surface area contributed by atoms with Crippen molar-refractivity contribution >= 4 is 31.3 Å². The van der Waals surface area contributed by atoms with E-state index in [-0.39, 0.29) is 52.4 Å². The van der Waals surface area contributed by atoms with Crippen molar-refractivity contribution in [2.75, 3.05) is 90.1 Å². The summed E-state index contributed by atoms with van der Waals surface area (Å²) in [6.45, 7) is 1.67. The Balaban J connectivity index is 2.03. The Morgan fingerprint density at radius 3 is 1.72 bits per heavy atom. The van der Waals surface area contributed by atoms with E-state index in [1.165, 1.54) is 4.90 Å². The molecule has 1 atom stereocenters. The lowest BCUT2D eigenvalue weighted by atomic mass is 10.2. The molecule has 16 heteroatoms. The second-order valence-corrected chi connectivity index (χ2v) is 11.0. The number of rotatable bonds is 11. The molecule has 2 amide bonds. The van der Waals surface area contributed by atoms with Crippen LogP contribution in [0.2, 0.25) is 0 Å². The molecule has 1 saturated heterocycles. The summed E-state index contributed by atoms with van der Waals surface area (Å²) in [5.41, 5.74) is 0.601. The maximum atomic E-state index is 12.1. The van der Waals surface area contributed by atoms with Gasteiger partial charge in [-0.2, -0.15) is 0 Å². The minimum Gasteiger partial charge on any atom is -0.480 e. The van der Waals surface area contributed by atoms with Gasteiger partial charge in [-0.15, -0.1) is 0 Å². The Morgan fingerprint density at radius 1 is 0.795 bits per heavy atom. The van der Waals surface area contributed by atoms with Crippen molar-refractivity contribution in [3.05, 3.63) is 30.3 Å². The lowest BCUT2D eigenvalue weighted by Crippen LogP contribution is -2.49. The molecule has 1 heterocycles. The number of hydrogen-bond donors (Lipinski definition) is 7. The van der Waals surface area contributed by atoms with Crippen LogP contribution >= 0.6 is 7.60 Å². The second kappa shape index (κ2) is 16.5. The number of aliphatic hydroxyl groups excluding tert-OH is 1. The standard InChI is InChI=1S/C23H39N6O9P/c30-20(14-24-23(35)25-19-4-2-1-3-5-19)15-26-6-8-27(16-21(31)32)10-12-29(18-39(36,37)38)13-11-28(9-7-26)17-22(33)34/h1-5,20,30H,6-18H2,(H,31,32)(H,33,34)(H2,24,25,35)(H2,36,37,38). The summed E-state index contributed by atoms with van der Waals surface area (Å²) in [6.07, 6.45) is -1.46. The molecule has 220 valence electrons. The van der Waals surface area contributed by atoms with Gasteiger partial charge in [-0.1, -0.05) is 18.2 Å². The minimum absolute atomic E-state index is 0.0375. The number of urea groups is 1. The van der Waals surface area contributed by atoms with E-state index in [2.05, 4.69) is 10.6 Å². The topological polar surface area (TPSA) is 206 Å². The van der Waals surface area contributed by atoms with E-state index in [1.807, 2.05) is 11.0 Å². The number of amides is 2. The van der Waals surface area contributed by atoms with Crippen LogP contribution in [-0.2, 0) is 14.2 Å². The van der Waals surface area contributed by atoms with Crippen LogP contribution in [0.3, 0.4) is 0 Å². The number of nitrogens with zero attached hydrogens (tertiary/aromatic N) is 4. The average Bonchev–Trinajstić information content (AvgIpc) is 2.83. The van der Waals surface area contributed by atoms with Gasteiger partial charge in [0.25, 0.3) is 0 Å². The first-order valence-corrected chi connectivity index (χ1v) is 14.3. The third kappa shape index (κ3) is 14.9. The summed E-state index contributed by atoms with van der Waals surface area (Å²) < 4.78 is 11.6. The van der Waals surface area contributed by atoms with Crippen molar-refractivity contribution in [3.63, 3.8) is 0 Å². The number of benzene rings is 1. The smallest absolute Gasteiger partial charge is 0.339 e. The maximum absolute atomic E-state index is 12.1. The van der Waals surface area contributed by atoms with Crippen LogP contribution in [0.4, 0.5) is 10.5 Å². The summed E-state index contributed by atoms with van der Waals surface area (Å²) in [7, 11) is -4.38. The molecule has 2 rings (SSSR count). The zero-order valence-electron chi connectivity index (χ0n) is 21.8. The first-order chi connectivity index (χ1) is 18.4. The average molecular weight is 575 g/mol. The number of carboxylic acid groups (broad SMARTS) is 2. The second-order valence-electron chi connectivity index (χ2n) is 9.42. The van der Waals surface area contributed by atoms with Gasteiger partial charge in [0, 0.05) is 71.1 Å². The molecule has 1 aromatic carbocycles. The van der Waals surface area contributed by atoms with Crippen molar-refractivity contribution in [3.8, 4) is 0 Å². The molecule has 39 heavy (non-hydrogen) atoms. The zero-order valence-corrected chi connectivity index (χ0v) is 22.7. The number of aliphatic hydroxyl groups is 1. The Kier molecular flexibility index (Phi) is 13.8. The molecule has 1 aliphatic heterocycles. The van der Waals surface area contributed by atoms with Crippen molar-refractivity contribution in [1.82, 2.24) is 24.9 Å². The molecule has 1 fully saturated rings. The summed E-state index contributed by atoms with van der Waals surface area (Å²) in [4.78, 5) is 60.5. The van der Waals surface area contributed by atoms with Crippen LogP contribution in [0.1, 0.15) is 0 Å². The number of carbonyl (C=O) groups excluding carboxylic acids is 1. The van der Waals surface area contributed by atoms with Gasteiger partial charge in [0.2, 0.25) is 0 Å². The normalized spacial score (nSPS) is 18.4. The van der Waals surface area contributed by atoms with E-state index < -0.39 is 38.0 Å². The molecule has 0 saturated carbocycles. The first kappa shape index (κ1) is 32.6. The molecule has 0 radical (unpaired) electrons. The number of β-amino-alcohol motifs (C(OH)–C–C–N with tert-alkyl or cyclic N) is 1. The molecule has 0 aromatic heterocycles. The number of hydrogen-bond acceptors (Lipinski definition) is 9. The maximum Gasteiger partial charge on any atom is 0.339 e. The van der Waals surface area contributed by atoms with Crippen LogP contribution in [0.25, 0.3) is 0 Å². The van der Waals surface area contributed by atoms with Crippen molar-refractivity contribution in [2.45, 2.75) is 6.10 Å². The Hall–Kier alpha value is -2.62. The molecule has 15 nitrogen and oxygen atoms in total. The largest absolute Gasteiger partial charge is 0.480 e. The monoisotopic (exact) mass is 574 g/mol. The van der Waals surface area contributed by atoms with Gasteiger partial charge in [-0.3, -0.25) is 33.8 Å². The number of para-hydroxylation sites is 1. The number of anilines is 1. The van der Waals surface area contributed by atoms with Gasteiger partial charge in [-0.05, 0) is 12.1 Å². The highest BCUT2D eigenvalue weighted by Gasteiger charge is 2.24. The predicted octanol–water partition coefficient (Wildman–Crippen LogP) is -1.30. The highest BCUT2D eigenvalue weighted by atomic mass is 31.2. The fraction of sp³-hybridized carbons (Fsp3) is 0.609. The van der Waals surface area contributed by atoms with Gasteiger partial charge in [-0.25, -0.2) is 4.79 Å². The highest BCUT2D eigenvalue weighted by Crippen LogP contribution is 2.34. The summed E-state index contributed by atoms with van der Waals surface area (Å²) in [6, 6.07) is 8.34. The number of carboxylic acids is 2. The van der Waals surface area contributed by atoms with Crippen molar-refractivity contribution in [1.29, 1.82) is 0 Å². The molecule has 1 aromatic rings. The van der Waals surface area contributed by atoms with Gasteiger partial charge >= 0.3 is 25.6 Å². The van der Waals surface area contributed by atoms with E-state index >= 15 is 0 Å². The third-order valence-corrected chi connectivity index (χ3v) is 6.80. The Bertz CT molecular complexity index is 935. The fourth-order valence-corrected chi connectivity index (χ4v) is 4.94. The molecular formula is C23H39N6O9P. The van der Waals surface area contributed by atoms with Crippen LogP contribution in [0.15, 0.2) is 30.3 Å². The highest BCUT2D eigenvalue weighted by molar-refractivity contribution is 7.51.